The maximum absolute atomic E-state index is 12.7. The second-order valence-electron chi connectivity index (χ2n) is 8.16. The molecule has 2 unspecified atom stereocenters. The molecule has 1 aliphatic rings. The SMILES string of the molecule is Cc1ccccc1OCCCC(=O)NCc1ccc(C(=O)N2CC(C)OC(C)C2)cc1. The molecule has 1 aliphatic heterocycles. The van der Waals surface area contributed by atoms with Crippen LogP contribution in [0.25, 0.3) is 0 Å². The molecule has 1 N–H and O–H groups in total. The minimum Gasteiger partial charge on any atom is -0.493 e. The number of benzene rings is 2. The number of carbonyl (C=O) groups excluding carboxylic acids is 2. The van der Waals surface area contributed by atoms with Crippen LogP contribution in [0, 0.1) is 6.92 Å². The molecule has 0 bridgehead atoms. The lowest BCUT2D eigenvalue weighted by Gasteiger charge is -2.35. The van der Waals surface area contributed by atoms with Gasteiger partial charge in [-0.25, -0.2) is 0 Å². The van der Waals surface area contributed by atoms with E-state index < -0.39 is 0 Å². The molecule has 6 heteroatoms. The number of ether oxygens (including phenoxy) is 2. The number of nitrogens with zero attached hydrogens (tertiary/aromatic N) is 1. The van der Waals surface area contributed by atoms with Crippen LogP contribution in [-0.4, -0.2) is 48.6 Å². The van der Waals surface area contributed by atoms with E-state index in [-0.39, 0.29) is 24.0 Å². The zero-order valence-corrected chi connectivity index (χ0v) is 18.6. The monoisotopic (exact) mass is 424 g/mol. The summed E-state index contributed by atoms with van der Waals surface area (Å²) in [6.45, 7) is 8.13. The van der Waals surface area contributed by atoms with E-state index in [0.29, 0.717) is 44.6 Å². The summed E-state index contributed by atoms with van der Waals surface area (Å²) in [5.41, 5.74) is 2.71. The topological polar surface area (TPSA) is 67.9 Å². The van der Waals surface area contributed by atoms with Gasteiger partial charge in [0.15, 0.2) is 0 Å². The van der Waals surface area contributed by atoms with Crippen molar-refractivity contribution in [2.45, 2.75) is 52.4 Å². The van der Waals surface area contributed by atoms with Crippen molar-refractivity contribution in [2.24, 2.45) is 0 Å². The van der Waals surface area contributed by atoms with Crippen molar-refractivity contribution in [3.8, 4) is 5.75 Å². The van der Waals surface area contributed by atoms with E-state index in [1.165, 1.54) is 0 Å². The van der Waals surface area contributed by atoms with Crippen LogP contribution in [0.1, 0.15) is 48.2 Å². The Morgan fingerprint density at radius 1 is 1.06 bits per heavy atom. The molecule has 0 spiro atoms. The lowest BCUT2D eigenvalue weighted by Crippen LogP contribution is -2.48. The number of carbonyl (C=O) groups is 2. The van der Waals surface area contributed by atoms with Gasteiger partial charge in [-0.15, -0.1) is 0 Å². The predicted molar refractivity (Wildman–Crippen MR) is 120 cm³/mol. The van der Waals surface area contributed by atoms with Gasteiger partial charge in [-0.05, 0) is 56.5 Å². The van der Waals surface area contributed by atoms with Gasteiger partial charge in [-0.3, -0.25) is 9.59 Å². The van der Waals surface area contributed by atoms with Crippen molar-refractivity contribution in [3.63, 3.8) is 0 Å². The normalized spacial score (nSPS) is 18.5. The second-order valence-corrected chi connectivity index (χ2v) is 8.16. The van der Waals surface area contributed by atoms with Crippen LogP contribution in [0.15, 0.2) is 48.5 Å². The van der Waals surface area contributed by atoms with Crippen LogP contribution in [0.4, 0.5) is 0 Å². The largest absolute Gasteiger partial charge is 0.493 e. The first kappa shape index (κ1) is 22.8. The molecule has 3 rings (SSSR count). The Labute approximate surface area is 184 Å². The molecule has 1 saturated heterocycles. The fourth-order valence-electron chi connectivity index (χ4n) is 3.71. The van der Waals surface area contributed by atoms with E-state index >= 15 is 0 Å². The number of para-hydroxylation sites is 1. The van der Waals surface area contributed by atoms with Crippen molar-refractivity contribution < 1.29 is 19.1 Å². The summed E-state index contributed by atoms with van der Waals surface area (Å²) in [5.74, 6) is 0.870. The van der Waals surface area contributed by atoms with Gasteiger partial charge in [-0.2, -0.15) is 0 Å². The zero-order valence-electron chi connectivity index (χ0n) is 18.6. The van der Waals surface area contributed by atoms with E-state index in [1.807, 2.05) is 74.2 Å². The quantitative estimate of drug-likeness (QED) is 0.656. The van der Waals surface area contributed by atoms with Crippen molar-refractivity contribution in [1.82, 2.24) is 10.2 Å². The number of hydrogen-bond acceptors (Lipinski definition) is 4. The highest BCUT2D eigenvalue weighted by atomic mass is 16.5. The van der Waals surface area contributed by atoms with Gasteiger partial charge in [0.05, 0.1) is 18.8 Å². The first-order chi connectivity index (χ1) is 14.9. The fraction of sp³-hybridized carbons (Fsp3) is 0.440. The third-order valence-corrected chi connectivity index (χ3v) is 5.30. The molecule has 0 saturated carbocycles. The molecular formula is C25H32N2O4. The fourth-order valence-corrected chi connectivity index (χ4v) is 3.71. The first-order valence-corrected chi connectivity index (χ1v) is 10.9. The summed E-state index contributed by atoms with van der Waals surface area (Å²) >= 11 is 0. The highest BCUT2D eigenvalue weighted by Crippen LogP contribution is 2.17. The predicted octanol–water partition coefficient (Wildman–Crippen LogP) is 3.72. The van der Waals surface area contributed by atoms with E-state index in [1.54, 1.807) is 0 Å². The van der Waals surface area contributed by atoms with Crippen LogP contribution in [-0.2, 0) is 16.1 Å². The maximum Gasteiger partial charge on any atom is 0.254 e. The lowest BCUT2D eigenvalue weighted by atomic mass is 10.1. The average molecular weight is 425 g/mol. The summed E-state index contributed by atoms with van der Waals surface area (Å²) in [4.78, 5) is 26.7. The molecule has 0 radical (unpaired) electrons. The highest BCUT2D eigenvalue weighted by molar-refractivity contribution is 5.94. The zero-order chi connectivity index (χ0) is 22.2. The number of aryl methyl sites for hydroxylation is 1. The molecule has 2 aromatic rings. The van der Waals surface area contributed by atoms with E-state index in [4.69, 9.17) is 9.47 Å². The standard InChI is InChI=1S/C25H32N2O4/c1-18-7-4-5-8-23(18)30-14-6-9-24(28)26-15-21-10-12-22(13-11-21)25(29)27-16-19(2)31-20(3)17-27/h4-5,7-8,10-13,19-20H,6,9,14-17H2,1-3H3,(H,26,28). The summed E-state index contributed by atoms with van der Waals surface area (Å²) in [7, 11) is 0. The molecule has 166 valence electrons. The summed E-state index contributed by atoms with van der Waals surface area (Å²) in [6, 6.07) is 15.3. The first-order valence-electron chi connectivity index (χ1n) is 10.9. The summed E-state index contributed by atoms with van der Waals surface area (Å²) < 4.78 is 11.4. The van der Waals surface area contributed by atoms with Crippen molar-refractivity contribution in [1.29, 1.82) is 0 Å². The Hall–Kier alpha value is -2.86. The van der Waals surface area contributed by atoms with Gasteiger partial charge in [-0.1, -0.05) is 30.3 Å². The number of nitrogens with one attached hydrogen (secondary N) is 1. The second kappa shape index (κ2) is 11.0. The van der Waals surface area contributed by atoms with Gasteiger partial charge in [0.1, 0.15) is 5.75 Å². The molecule has 2 aromatic carbocycles. The molecule has 2 atom stereocenters. The molecule has 0 aromatic heterocycles. The van der Waals surface area contributed by atoms with E-state index in [9.17, 15) is 9.59 Å². The average Bonchev–Trinajstić information content (AvgIpc) is 2.75. The van der Waals surface area contributed by atoms with Crippen LogP contribution >= 0.6 is 0 Å². The van der Waals surface area contributed by atoms with Crippen LogP contribution in [0.3, 0.4) is 0 Å². The Morgan fingerprint density at radius 3 is 2.42 bits per heavy atom. The number of rotatable bonds is 8. The molecular weight excluding hydrogens is 392 g/mol. The lowest BCUT2D eigenvalue weighted by molar-refractivity contribution is -0.121. The Morgan fingerprint density at radius 2 is 1.74 bits per heavy atom. The molecule has 31 heavy (non-hydrogen) atoms. The Kier molecular flexibility index (Phi) is 8.06. The smallest absolute Gasteiger partial charge is 0.254 e. The molecule has 2 amide bonds. The summed E-state index contributed by atoms with van der Waals surface area (Å²) in [6.07, 6.45) is 1.16. The van der Waals surface area contributed by atoms with Crippen molar-refractivity contribution in [2.75, 3.05) is 19.7 Å². The number of amides is 2. The summed E-state index contributed by atoms with van der Waals surface area (Å²) in [5, 5.41) is 2.93. The van der Waals surface area contributed by atoms with Gasteiger partial charge in [0, 0.05) is 31.6 Å². The third-order valence-electron chi connectivity index (χ3n) is 5.30. The maximum atomic E-state index is 12.7. The third kappa shape index (κ3) is 6.82. The van der Waals surface area contributed by atoms with Gasteiger partial charge in [0.25, 0.3) is 5.91 Å². The van der Waals surface area contributed by atoms with Gasteiger partial charge >= 0.3 is 0 Å². The highest BCUT2D eigenvalue weighted by Gasteiger charge is 2.26. The van der Waals surface area contributed by atoms with Gasteiger partial charge < -0.3 is 19.7 Å². The minimum atomic E-state index is -0.00942. The van der Waals surface area contributed by atoms with Crippen LogP contribution in [0.5, 0.6) is 5.75 Å². The van der Waals surface area contributed by atoms with Crippen molar-refractivity contribution >= 4 is 11.8 Å². The minimum absolute atomic E-state index is 0.00942. The van der Waals surface area contributed by atoms with Crippen molar-refractivity contribution in [3.05, 3.63) is 65.2 Å². The molecule has 6 nitrogen and oxygen atoms in total. The van der Waals surface area contributed by atoms with Gasteiger partial charge in [0.2, 0.25) is 5.91 Å². The molecule has 1 heterocycles. The van der Waals surface area contributed by atoms with E-state index in [0.717, 1.165) is 16.9 Å². The number of morpholine rings is 1. The number of hydrogen-bond donors (Lipinski definition) is 1. The Balaban J connectivity index is 1.39. The van der Waals surface area contributed by atoms with Crippen LogP contribution in [0.2, 0.25) is 0 Å². The van der Waals surface area contributed by atoms with Crippen LogP contribution < -0.4 is 10.1 Å². The molecule has 0 aliphatic carbocycles. The van der Waals surface area contributed by atoms with E-state index in [2.05, 4.69) is 5.32 Å². The Bertz CT molecular complexity index is 871. The molecule has 1 fully saturated rings.